The molecule has 3 rings (SSSR count). The molecule has 0 saturated heterocycles. The van der Waals surface area contributed by atoms with Gasteiger partial charge in [-0.3, -0.25) is 0 Å². The predicted octanol–water partition coefficient (Wildman–Crippen LogP) is 4.58. The minimum atomic E-state index is -0.221. The summed E-state index contributed by atoms with van der Waals surface area (Å²) in [5.74, 6) is 1.12. The van der Waals surface area contributed by atoms with Gasteiger partial charge in [-0.2, -0.15) is 4.98 Å². The monoisotopic (exact) mass is 370 g/mol. The number of aromatic nitrogens is 2. The summed E-state index contributed by atoms with van der Waals surface area (Å²) in [6.45, 7) is 1.43. The van der Waals surface area contributed by atoms with Crippen molar-refractivity contribution in [3.63, 3.8) is 0 Å². The molecule has 0 saturated carbocycles. The van der Waals surface area contributed by atoms with Gasteiger partial charge in [-0.15, -0.1) is 0 Å². The smallest absolute Gasteiger partial charge is 0.224 e. The molecule has 2 aromatic carbocycles. The number of nitrogens with one attached hydrogen (secondary N) is 2. The number of hydrogen-bond donors (Lipinski definition) is 2. The molecule has 0 bridgehead atoms. The van der Waals surface area contributed by atoms with Gasteiger partial charge < -0.3 is 10.6 Å². The molecule has 0 aliphatic carbocycles. The van der Waals surface area contributed by atoms with Crippen LogP contribution in [0.4, 0.5) is 16.2 Å². The SMILES string of the molecule is Fc1ccc(CCNc2nccc(NCCc3cccc(Cl)c3)n2)cc1. The Kier molecular flexibility index (Phi) is 6.39. The van der Waals surface area contributed by atoms with E-state index in [2.05, 4.69) is 26.7 Å². The van der Waals surface area contributed by atoms with Gasteiger partial charge in [0.2, 0.25) is 5.95 Å². The van der Waals surface area contributed by atoms with Crippen LogP contribution >= 0.6 is 11.6 Å². The van der Waals surface area contributed by atoms with Gasteiger partial charge in [0.05, 0.1) is 0 Å². The quantitative estimate of drug-likeness (QED) is 0.609. The highest BCUT2D eigenvalue weighted by Crippen LogP contribution is 2.12. The van der Waals surface area contributed by atoms with Crippen LogP contribution in [-0.2, 0) is 12.8 Å². The van der Waals surface area contributed by atoms with E-state index in [-0.39, 0.29) is 5.82 Å². The number of anilines is 2. The summed E-state index contributed by atoms with van der Waals surface area (Å²) in [6, 6.07) is 16.2. The van der Waals surface area contributed by atoms with Crippen molar-refractivity contribution in [1.29, 1.82) is 0 Å². The summed E-state index contributed by atoms with van der Waals surface area (Å²) in [4.78, 5) is 8.67. The Bertz CT molecular complexity index is 839. The van der Waals surface area contributed by atoms with E-state index >= 15 is 0 Å². The lowest BCUT2D eigenvalue weighted by Crippen LogP contribution is -2.11. The molecule has 2 N–H and O–H groups in total. The second kappa shape index (κ2) is 9.15. The highest BCUT2D eigenvalue weighted by molar-refractivity contribution is 6.30. The van der Waals surface area contributed by atoms with Crippen LogP contribution in [0, 0.1) is 5.82 Å². The zero-order chi connectivity index (χ0) is 18.2. The molecule has 0 atom stereocenters. The average Bonchev–Trinajstić information content (AvgIpc) is 2.64. The van der Waals surface area contributed by atoms with Crippen molar-refractivity contribution in [3.05, 3.63) is 82.8 Å². The first-order valence-corrected chi connectivity index (χ1v) is 8.86. The topological polar surface area (TPSA) is 49.8 Å². The lowest BCUT2D eigenvalue weighted by molar-refractivity contribution is 0.627. The number of benzene rings is 2. The van der Waals surface area contributed by atoms with Crippen molar-refractivity contribution in [1.82, 2.24) is 9.97 Å². The van der Waals surface area contributed by atoms with Crippen molar-refractivity contribution >= 4 is 23.4 Å². The van der Waals surface area contributed by atoms with Gasteiger partial charge in [0.15, 0.2) is 0 Å². The van der Waals surface area contributed by atoms with Crippen molar-refractivity contribution in [2.75, 3.05) is 23.7 Å². The second-order valence-electron chi connectivity index (χ2n) is 5.88. The molecule has 0 aliphatic rings. The predicted molar refractivity (Wildman–Crippen MR) is 104 cm³/mol. The highest BCUT2D eigenvalue weighted by atomic mass is 35.5. The van der Waals surface area contributed by atoms with E-state index in [9.17, 15) is 4.39 Å². The maximum absolute atomic E-state index is 12.9. The van der Waals surface area contributed by atoms with Crippen LogP contribution in [0.25, 0.3) is 0 Å². The lowest BCUT2D eigenvalue weighted by atomic mass is 10.1. The number of nitrogens with zero attached hydrogens (tertiary/aromatic N) is 2. The Hall–Kier alpha value is -2.66. The zero-order valence-electron chi connectivity index (χ0n) is 14.3. The summed E-state index contributed by atoms with van der Waals surface area (Å²) in [6.07, 6.45) is 3.35. The molecule has 26 heavy (non-hydrogen) atoms. The fourth-order valence-corrected chi connectivity index (χ4v) is 2.75. The van der Waals surface area contributed by atoms with Gasteiger partial charge >= 0.3 is 0 Å². The molecule has 0 aliphatic heterocycles. The van der Waals surface area contributed by atoms with Crippen LogP contribution in [-0.4, -0.2) is 23.1 Å². The molecular weight excluding hydrogens is 351 g/mol. The molecule has 0 spiro atoms. The first-order valence-electron chi connectivity index (χ1n) is 8.49. The van der Waals surface area contributed by atoms with Crippen LogP contribution < -0.4 is 10.6 Å². The van der Waals surface area contributed by atoms with Gasteiger partial charge in [0.25, 0.3) is 0 Å². The standard InChI is InChI=1S/C20H20ClFN4/c21-17-3-1-2-16(14-17)9-11-23-19-10-13-25-20(26-19)24-12-8-15-4-6-18(22)7-5-15/h1-7,10,13-14H,8-9,11-12H2,(H2,23,24,25,26). The Morgan fingerprint density at radius 1 is 0.885 bits per heavy atom. The summed E-state index contributed by atoms with van der Waals surface area (Å²) in [7, 11) is 0. The molecule has 6 heteroatoms. The van der Waals surface area contributed by atoms with Crippen molar-refractivity contribution in [2.45, 2.75) is 12.8 Å². The summed E-state index contributed by atoms with van der Waals surface area (Å²) < 4.78 is 12.9. The van der Waals surface area contributed by atoms with Crippen LogP contribution in [0.3, 0.4) is 0 Å². The third-order valence-corrected chi connectivity index (χ3v) is 4.11. The number of hydrogen-bond acceptors (Lipinski definition) is 4. The molecule has 0 amide bonds. The molecule has 0 fully saturated rings. The van der Waals surface area contributed by atoms with E-state index in [0.29, 0.717) is 12.5 Å². The van der Waals surface area contributed by atoms with Crippen LogP contribution in [0.15, 0.2) is 60.8 Å². The molecule has 4 nitrogen and oxygen atoms in total. The van der Waals surface area contributed by atoms with Crippen molar-refractivity contribution in [2.24, 2.45) is 0 Å². The molecule has 134 valence electrons. The fourth-order valence-electron chi connectivity index (χ4n) is 2.54. The minimum Gasteiger partial charge on any atom is -0.370 e. The first-order chi connectivity index (χ1) is 12.7. The normalized spacial score (nSPS) is 10.5. The Morgan fingerprint density at radius 2 is 1.65 bits per heavy atom. The van der Waals surface area contributed by atoms with E-state index in [0.717, 1.165) is 35.8 Å². The Balaban J connectivity index is 1.46. The summed E-state index contributed by atoms with van der Waals surface area (Å²) in [5, 5.41) is 7.23. The first kappa shape index (κ1) is 18.1. The molecule has 0 unspecified atom stereocenters. The average molecular weight is 371 g/mol. The van der Waals surface area contributed by atoms with Crippen molar-refractivity contribution in [3.8, 4) is 0 Å². The third kappa shape index (κ3) is 5.70. The van der Waals surface area contributed by atoms with E-state index in [1.54, 1.807) is 18.3 Å². The maximum Gasteiger partial charge on any atom is 0.224 e. The lowest BCUT2D eigenvalue weighted by Gasteiger charge is -2.09. The van der Waals surface area contributed by atoms with Crippen molar-refractivity contribution < 1.29 is 4.39 Å². The van der Waals surface area contributed by atoms with E-state index in [1.165, 1.54) is 17.7 Å². The van der Waals surface area contributed by atoms with E-state index in [1.807, 2.05) is 24.3 Å². The molecule has 0 radical (unpaired) electrons. The highest BCUT2D eigenvalue weighted by Gasteiger charge is 2.00. The summed E-state index contributed by atoms with van der Waals surface area (Å²) in [5.41, 5.74) is 2.24. The number of halogens is 2. The van der Waals surface area contributed by atoms with Crippen LogP contribution in [0.1, 0.15) is 11.1 Å². The fraction of sp³-hybridized carbons (Fsp3) is 0.200. The second-order valence-corrected chi connectivity index (χ2v) is 6.31. The molecule has 3 aromatic rings. The Labute approximate surface area is 157 Å². The zero-order valence-corrected chi connectivity index (χ0v) is 15.0. The molecule has 1 heterocycles. The maximum atomic E-state index is 12.9. The number of rotatable bonds is 8. The molecule has 1 aromatic heterocycles. The van der Waals surface area contributed by atoms with Gasteiger partial charge in [-0.05, 0) is 54.3 Å². The largest absolute Gasteiger partial charge is 0.370 e. The van der Waals surface area contributed by atoms with Gasteiger partial charge in [0.1, 0.15) is 11.6 Å². The summed E-state index contributed by atoms with van der Waals surface area (Å²) >= 11 is 5.99. The minimum absolute atomic E-state index is 0.221. The van der Waals surface area contributed by atoms with E-state index < -0.39 is 0 Å². The third-order valence-electron chi connectivity index (χ3n) is 3.87. The molecular formula is C20H20ClFN4. The Morgan fingerprint density at radius 3 is 2.46 bits per heavy atom. The van der Waals surface area contributed by atoms with E-state index in [4.69, 9.17) is 11.6 Å². The van der Waals surface area contributed by atoms with Crippen LogP contribution in [0.2, 0.25) is 5.02 Å². The van der Waals surface area contributed by atoms with Gasteiger partial charge in [-0.1, -0.05) is 35.9 Å². The van der Waals surface area contributed by atoms with Crippen LogP contribution in [0.5, 0.6) is 0 Å². The van der Waals surface area contributed by atoms with Gasteiger partial charge in [0, 0.05) is 24.3 Å². The van der Waals surface area contributed by atoms with Gasteiger partial charge in [-0.25, -0.2) is 9.37 Å².